The van der Waals surface area contributed by atoms with Crippen molar-refractivity contribution in [1.29, 1.82) is 0 Å². The van der Waals surface area contributed by atoms with Gasteiger partial charge in [-0.2, -0.15) is 0 Å². The zero-order valence-corrected chi connectivity index (χ0v) is 21.4. The average Bonchev–Trinajstić information content (AvgIpc) is 2.92. The highest BCUT2D eigenvalue weighted by Crippen LogP contribution is 2.39. The summed E-state index contributed by atoms with van der Waals surface area (Å²) >= 11 is 0. The standard InChI is InChI=1S/C29H33N3O4/c1-19-24-15-27(35-3)26(34-2)14-21(24)10-12-32(19)29(33)25-13-20-7-5-6-8-22(20)17-31(25)18-23-9-11-30-16-28(23)36-4/h5-9,11,14-16,19,25H,10,12-13,17-18H2,1-4H3/t19-,25+/m1/s1. The van der Waals surface area contributed by atoms with Crippen LogP contribution in [0.4, 0.5) is 0 Å². The fraction of sp³-hybridized carbons (Fsp3) is 0.379. The smallest absolute Gasteiger partial charge is 0.240 e. The Bertz CT molecular complexity index is 1260. The van der Waals surface area contributed by atoms with E-state index < -0.39 is 0 Å². The highest BCUT2D eigenvalue weighted by atomic mass is 16.5. The van der Waals surface area contributed by atoms with Crippen LogP contribution in [0.5, 0.6) is 17.2 Å². The van der Waals surface area contributed by atoms with Crippen LogP contribution in [-0.4, -0.2) is 54.6 Å². The number of methoxy groups -OCH3 is 3. The van der Waals surface area contributed by atoms with E-state index in [1.54, 1.807) is 33.7 Å². The van der Waals surface area contributed by atoms with Gasteiger partial charge in [0.05, 0.1) is 39.6 Å². The number of nitrogens with zero attached hydrogens (tertiary/aromatic N) is 3. The second-order valence-electron chi connectivity index (χ2n) is 9.44. The lowest BCUT2D eigenvalue weighted by atomic mass is 9.89. The third-order valence-electron chi connectivity index (χ3n) is 7.56. The largest absolute Gasteiger partial charge is 0.495 e. The molecule has 36 heavy (non-hydrogen) atoms. The Morgan fingerprint density at radius 1 is 0.972 bits per heavy atom. The molecule has 0 unspecified atom stereocenters. The van der Waals surface area contributed by atoms with E-state index in [9.17, 15) is 4.79 Å². The number of pyridine rings is 1. The molecule has 5 rings (SSSR count). The molecule has 2 aliphatic heterocycles. The first kappa shape index (κ1) is 24.1. The molecule has 0 saturated heterocycles. The number of amides is 1. The van der Waals surface area contributed by atoms with Crippen LogP contribution >= 0.6 is 0 Å². The molecule has 0 saturated carbocycles. The van der Waals surface area contributed by atoms with Gasteiger partial charge in [-0.15, -0.1) is 0 Å². The van der Waals surface area contributed by atoms with Gasteiger partial charge in [-0.05, 0) is 60.2 Å². The van der Waals surface area contributed by atoms with E-state index in [1.165, 1.54) is 16.7 Å². The van der Waals surface area contributed by atoms with Crippen molar-refractivity contribution in [2.45, 2.75) is 44.9 Å². The summed E-state index contributed by atoms with van der Waals surface area (Å²) in [5, 5.41) is 0. The Balaban J connectivity index is 1.46. The fourth-order valence-corrected chi connectivity index (χ4v) is 5.57. The van der Waals surface area contributed by atoms with E-state index in [-0.39, 0.29) is 18.0 Å². The topological polar surface area (TPSA) is 64.1 Å². The second kappa shape index (κ2) is 10.2. The van der Waals surface area contributed by atoms with Gasteiger partial charge in [0.2, 0.25) is 5.91 Å². The van der Waals surface area contributed by atoms with Gasteiger partial charge in [-0.3, -0.25) is 14.7 Å². The molecule has 0 aliphatic carbocycles. The first-order chi connectivity index (χ1) is 17.5. The Hall–Kier alpha value is -3.58. The Labute approximate surface area is 212 Å². The lowest BCUT2D eigenvalue weighted by molar-refractivity contribution is -0.140. The van der Waals surface area contributed by atoms with Crippen molar-refractivity contribution >= 4 is 5.91 Å². The molecule has 0 N–H and O–H groups in total. The van der Waals surface area contributed by atoms with Gasteiger partial charge < -0.3 is 19.1 Å². The number of hydrogen-bond acceptors (Lipinski definition) is 6. The second-order valence-corrected chi connectivity index (χ2v) is 9.44. The van der Waals surface area contributed by atoms with E-state index in [0.29, 0.717) is 31.8 Å². The van der Waals surface area contributed by atoms with Crippen LogP contribution in [0, 0.1) is 0 Å². The van der Waals surface area contributed by atoms with Gasteiger partial charge in [-0.25, -0.2) is 0 Å². The summed E-state index contributed by atoms with van der Waals surface area (Å²) in [6, 6.07) is 14.1. The maximum Gasteiger partial charge on any atom is 0.240 e. The Morgan fingerprint density at radius 3 is 2.44 bits per heavy atom. The summed E-state index contributed by atoms with van der Waals surface area (Å²) in [4.78, 5) is 22.7. The number of fused-ring (bicyclic) bond motifs is 2. The summed E-state index contributed by atoms with van der Waals surface area (Å²) in [7, 11) is 4.95. The summed E-state index contributed by atoms with van der Waals surface area (Å²) in [5.41, 5.74) is 5.86. The van der Waals surface area contributed by atoms with Crippen LogP contribution in [0.3, 0.4) is 0 Å². The highest BCUT2D eigenvalue weighted by Gasteiger charge is 2.38. The molecule has 7 nitrogen and oxygen atoms in total. The van der Waals surface area contributed by atoms with Gasteiger partial charge in [0, 0.05) is 31.4 Å². The molecule has 3 aromatic rings. The zero-order chi connectivity index (χ0) is 25.2. The maximum atomic E-state index is 14.2. The Morgan fingerprint density at radius 2 is 1.69 bits per heavy atom. The first-order valence-corrected chi connectivity index (χ1v) is 12.4. The molecule has 1 aromatic heterocycles. The van der Waals surface area contributed by atoms with Crippen LogP contribution in [0.1, 0.15) is 40.8 Å². The summed E-state index contributed by atoms with van der Waals surface area (Å²) in [5.74, 6) is 2.31. The van der Waals surface area contributed by atoms with E-state index in [1.807, 2.05) is 23.1 Å². The van der Waals surface area contributed by atoms with Gasteiger partial charge >= 0.3 is 0 Å². The molecule has 2 aromatic carbocycles. The number of rotatable bonds is 6. The molecule has 3 heterocycles. The summed E-state index contributed by atoms with van der Waals surface area (Å²) < 4.78 is 16.6. The van der Waals surface area contributed by atoms with Crippen molar-refractivity contribution in [3.63, 3.8) is 0 Å². The molecule has 2 atom stereocenters. The quantitative estimate of drug-likeness (QED) is 0.520. The number of ether oxygens (including phenoxy) is 3. The molecule has 0 spiro atoms. The molecule has 0 bridgehead atoms. The highest BCUT2D eigenvalue weighted by molar-refractivity contribution is 5.83. The molecule has 0 radical (unpaired) electrons. The van der Waals surface area contributed by atoms with Crippen molar-refractivity contribution in [3.05, 3.63) is 82.7 Å². The number of carbonyl (C=O) groups is 1. The summed E-state index contributed by atoms with van der Waals surface area (Å²) in [6.45, 7) is 4.10. The van der Waals surface area contributed by atoms with E-state index in [4.69, 9.17) is 14.2 Å². The number of benzene rings is 2. The number of hydrogen-bond donors (Lipinski definition) is 0. The number of aromatic nitrogens is 1. The molecule has 0 fully saturated rings. The van der Waals surface area contributed by atoms with Gasteiger partial charge in [-0.1, -0.05) is 24.3 Å². The monoisotopic (exact) mass is 487 g/mol. The minimum Gasteiger partial charge on any atom is -0.495 e. The number of carbonyl (C=O) groups excluding carboxylic acids is 1. The molecule has 1 amide bonds. The lowest BCUT2D eigenvalue weighted by Crippen LogP contribution is -2.53. The molecular weight excluding hydrogens is 454 g/mol. The van der Waals surface area contributed by atoms with Crippen LogP contribution in [0.15, 0.2) is 54.9 Å². The third-order valence-corrected chi connectivity index (χ3v) is 7.56. The molecule has 188 valence electrons. The molecule has 7 heteroatoms. The first-order valence-electron chi connectivity index (χ1n) is 12.4. The van der Waals surface area contributed by atoms with E-state index in [0.717, 1.165) is 29.0 Å². The SMILES string of the molecule is COc1cnccc1CN1Cc2ccccc2C[C@H]1C(=O)N1CCc2cc(OC)c(OC)cc2[C@H]1C. The van der Waals surface area contributed by atoms with Crippen molar-refractivity contribution in [2.75, 3.05) is 27.9 Å². The minimum atomic E-state index is -0.262. The average molecular weight is 488 g/mol. The summed E-state index contributed by atoms with van der Waals surface area (Å²) in [6.07, 6.45) is 4.98. The predicted molar refractivity (Wildman–Crippen MR) is 137 cm³/mol. The predicted octanol–water partition coefficient (Wildman–Crippen LogP) is 4.18. The van der Waals surface area contributed by atoms with Crippen LogP contribution in [-0.2, 0) is 30.7 Å². The van der Waals surface area contributed by atoms with Crippen LogP contribution in [0.25, 0.3) is 0 Å². The van der Waals surface area contributed by atoms with Crippen molar-refractivity contribution in [2.24, 2.45) is 0 Å². The normalized spacial score (nSPS) is 19.3. The van der Waals surface area contributed by atoms with E-state index >= 15 is 0 Å². The van der Waals surface area contributed by atoms with E-state index in [2.05, 4.69) is 41.1 Å². The van der Waals surface area contributed by atoms with Gasteiger partial charge in [0.25, 0.3) is 0 Å². The minimum absolute atomic E-state index is 0.0597. The molecular formula is C29H33N3O4. The van der Waals surface area contributed by atoms with Crippen molar-refractivity contribution in [3.8, 4) is 17.2 Å². The Kier molecular flexibility index (Phi) is 6.83. The molecule has 2 aliphatic rings. The van der Waals surface area contributed by atoms with Crippen molar-refractivity contribution in [1.82, 2.24) is 14.8 Å². The van der Waals surface area contributed by atoms with Gasteiger partial charge in [0.15, 0.2) is 11.5 Å². The lowest BCUT2D eigenvalue weighted by Gasteiger charge is -2.42. The fourth-order valence-electron chi connectivity index (χ4n) is 5.57. The van der Waals surface area contributed by atoms with Crippen molar-refractivity contribution < 1.29 is 19.0 Å². The van der Waals surface area contributed by atoms with Crippen LogP contribution in [0.2, 0.25) is 0 Å². The third kappa shape index (κ3) is 4.39. The zero-order valence-electron chi connectivity index (χ0n) is 21.4. The van der Waals surface area contributed by atoms with Gasteiger partial charge in [0.1, 0.15) is 5.75 Å². The maximum absolute atomic E-state index is 14.2. The van der Waals surface area contributed by atoms with Crippen LogP contribution < -0.4 is 14.2 Å².